The van der Waals surface area contributed by atoms with Crippen LogP contribution in [0.3, 0.4) is 0 Å². The van der Waals surface area contributed by atoms with E-state index in [0.29, 0.717) is 6.54 Å². The molecule has 3 heteroatoms. The first-order valence-corrected chi connectivity index (χ1v) is 5.72. The van der Waals surface area contributed by atoms with Gasteiger partial charge >= 0.3 is 0 Å². The summed E-state index contributed by atoms with van der Waals surface area (Å²) >= 11 is 0. The number of rotatable bonds is 2. The Labute approximate surface area is 102 Å². The number of hydrogen-bond donors (Lipinski definition) is 0. The van der Waals surface area contributed by atoms with Gasteiger partial charge in [-0.05, 0) is 24.5 Å². The lowest BCUT2D eigenvalue weighted by Crippen LogP contribution is -2.35. The molecule has 0 unspecified atom stereocenters. The fourth-order valence-corrected chi connectivity index (χ4v) is 1.79. The Morgan fingerprint density at radius 2 is 1.94 bits per heavy atom. The van der Waals surface area contributed by atoms with Gasteiger partial charge in [0.2, 0.25) is 0 Å². The normalized spacial score (nSPS) is 11.4. The molecular weight excluding hydrogens is 217 g/mol. The first-order chi connectivity index (χ1) is 7.70. The van der Waals surface area contributed by atoms with Gasteiger partial charge in [-0.3, -0.25) is 4.79 Å². The molecule has 0 fully saturated rings. The maximum Gasteiger partial charge on any atom is 0.256 e. The van der Waals surface area contributed by atoms with E-state index in [2.05, 4.69) is 0 Å². The fraction of sp³-hybridized carbons (Fsp3) is 0.500. The van der Waals surface area contributed by atoms with Gasteiger partial charge in [0, 0.05) is 13.6 Å². The molecule has 0 saturated heterocycles. The van der Waals surface area contributed by atoms with Gasteiger partial charge in [0.25, 0.3) is 5.91 Å². The van der Waals surface area contributed by atoms with E-state index in [-0.39, 0.29) is 16.9 Å². The first kappa shape index (κ1) is 13.7. The third kappa shape index (κ3) is 3.84. The van der Waals surface area contributed by atoms with Crippen molar-refractivity contribution >= 4 is 5.91 Å². The van der Waals surface area contributed by atoms with Crippen molar-refractivity contribution in [1.29, 1.82) is 0 Å². The van der Waals surface area contributed by atoms with Crippen LogP contribution in [0.4, 0.5) is 4.39 Å². The second-order valence-corrected chi connectivity index (χ2v) is 5.71. The van der Waals surface area contributed by atoms with Crippen LogP contribution in [0.2, 0.25) is 0 Å². The number of carbonyl (C=O) groups excluding carboxylic acids is 1. The van der Waals surface area contributed by atoms with Crippen molar-refractivity contribution in [3.05, 3.63) is 35.1 Å². The van der Waals surface area contributed by atoms with E-state index in [0.717, 1.165) is 5.56 Å². The smallest absolute Gasteiger partial charge is 0.256 e. The molecule has 1 aromatic rings. The first-order valence-electron chi connectivity index (χ1n) is 5.72. The van der Waals surface area contributed by atoms with Crippen LogP contribution in [-0.4, -0.2) is 24.4 Å². The maximum atomic E-state index is 13.6. The van der Waals surface area contributed by atoms with E-state index in [9.17, 15) is 9.18 Å². The Bertz CT molecular complexity index is 421. The summed E-state index contributed by atoms with van der Waals surface area (Å²) in [4.78, 5) is 13.6. The molecule has 17 heavy (non-hydrogen) atoms. The fourth-order valence-electron chi connectivity index (χ4n) is 1.79. The van der Waals surface area contributed by atoms with Crippen LogP contribution < -0.4 is 0 Å². The molecule has 0 atom stereocenters. The molecule has 0 aliphatic carbocycles. The molecule has 0 N–H and O–H groups in total. The van der Waals surface area contributed by atoms with E-state index >= 15 is 0 Å². The van der Waals surface area contributed by atoms with Gasteiger partial charge in [0.1, 0.15) is 5.82 Å². The van der Waals surface area contributed by atoms with Crippen LogP contribution in [0.5, 0.6) is 0 Å². The largest absolute Gasteiger partial charge is 0.341 e. The Kier molecular flexibility index (Phi) is 3.91. The summed E-state index contributed by atoms with van der Waals surface area (Å²) in [6.45, 7) is 8.58. The van der Waals surface area contributed by atoms with Crippen molar-refractivity contribution in [1.82, 2.24) is 4.90 Å². The minimum atomic E-state index is -0.457. The van der Waals surface area contributed by atoms with Crippen molar-refractivity contribution in [2.24, 2.45) is 5.41 Å². The Hall–Kier alpha value is -1.38. The second-order valence-electron chi connectivity index (χ2n) is 5.71. The molecule has 0 radical (unpaired) electrons. The molecule has 0 aliphatic heterocycles. The van der Waals surface area contributed by atoms with Gasteiger partial charge in [-0.2, -0.15) is 0 Å². The third-order valence-corrected chi connectivity index (χ3v) is 2.41. The van der Waals surface area contributed by atoms with Crippen molar-refractivity contribution in [3.63, 3.8) is 0 Å². The van der Waals surface area contributed by atoms with Crippen LogP contribution in [-0.2, 0) is 0 Å². The summed E-state index contributed by atoms with van der Waals surface area (Å²) in [7, 11) is 1.70. The van der Waals surface area contributed by atoms with Crippen molar-refractivity contribution in [2.75, 3.05) is 13.6 Å². The molecule has 1 aromatic carbocycles. The summed E-state index contributed by atoms with van der Waals surface area (Å²) in [5.41, 5.74) is 1.04. The third-order valence-electron chi connectivity index (χ3n) is 2.41. The number of nitrogens with zero attached hydrogens (tertiary/aromatic N) is 1. The summed E-state index contributed by atoms with van der Waals surface area (Å²) in [6, 6.07) is 4.60. The molecule has 0 bridgehead atoms. The number of halogens is 1. The highest BCUT2D eigenvalue weighted by Gasteiger charge is 2.21. The van der Waals surface area contributed by atoms with Gasteiger partial charge in [-0.15, -0.1) is 0 Å². The van der Waals surface area contributed by atoms with Crippen LogP contribution in [0, 0.1) is 18.2 Å². The van der Waals surface area contributed by atoms with E-state index in [1.54, 1.807) is 24.1 Å². The highest BCUT2D eigenvalue weighted by molar-refractivity contribution is 5.94. The van der Waals surface area contributed by atoms with Crippen molar-refractivity contribution < 1.29 is 9.18 Å². The maximum absolute atomic E-state index is 13.6. The molecule has 0 aliphatic rings. The van der Waals surface area contributed by atoms with E-state index in [4.69, 9.17) is 0 Å². The number of aryl methyl sites for hydroxylation is 1. The van der Waals surface area contributed by atoms with Gasteiger partial charge in [-0.25, -0.2) is 4.39 Å². The Balaban J connectivity index is 2.93. The lowest BCUT2D eigenvalue weighted by atomic mass is 9.96. The predicted molar refractivity (Wildman–Crippen MR) is 67.6 cm³/mol. The topological polar surface area (TPSA) is 20.3 Å². The standard InChI is InChI=1S/C14H20FNO/c1-10-6-7-12(15)11(8-10)13(17)16(5)9-14(2,3)4/h6-8H,9H2,1-5H3. The van der Waals surface area contributed by atoms with Crippen molar-refractivity contribution in [2.45, 2.75) is 27.7 Å². The molecule has 2 nitrogen and oxygen atoms in total. The Morgan fingerprint density at radius 1 is 1.35 bits per heavy atom. The van der Waals surface area contributed by atoms with Gasteiger partial charge in [0.15, 0.2) is 0 Å². The SMILES string of the molecule is Cc1ccc(F)c(C(=O)N(C)CC(C)(C)C)c1. The average Bonchev–Trinajstić information content (AvgIpc) is 2.18. The number of amides is 1. The summed E-state index contributed by atoms with van der Waals surface area (Å²) < 4.78 is 13.6. The lowest BCUT2D eigenvalue weighted by Gasteiger charge is -2.26. The molecule has 1 amide bonds. The molecular formula is C14H20FNO. The minimum absolute atomic E-state index is 0.00467. The Morgan fingerprint density at radius 3 is 2.47 bits per heavy atom. The molecule has 0 aromatic heterocycles. The van der Waals surface area contributed by atoms with Crippen LogP contribution in [0.25, 0.3) is 0 Å². The number of carbonyl (C=O) groups is 1. The predicted octanol–water partition coefficient (Wildman–Crippen LogP) is 3.25. The summed E-state index contributed by atoms with van der Waals surface area (Å²) in [5.74, 6) is -0.720. The van der Waals surface area contributed by atoms with Crippen molar-refractivity contribution in [3.8, 4) is 0 Å². The van der Waals surface area contributed by atoms with Crippen LogP contribution in [0.15, 0.2) is 18.2 Å². The number of benzene rings is 1. The molecule has 0 saturated carbocycles. The van der Waals surface area contributed by atoms with Gasteiger partial charge in [0.05, 0.1) is 5.56 Å². The second kappa shape index (κ2) is 4.86. The highest BCUT2D eigenvalue weighted by atomic mass is 19.1. The zero-order chi connectivity index (χ0) is 13.2. The molecule has 0 heterocycles. The molecule has 0 spiro atoms. The summed E-state index contributed by atoms with van der Waals surface area (Å²) in [6.07, 6.45) is 0. The van der Waals surface area contributed by atoms with Gasteiger partial charge in [-0.1, -0.05) is 32.4 Å². The van der Waals surface area contributed by atoms with Crippen LogP contribution in [0.1, 0.15) is 36.7 Å². The average molecular weight is 237 g/mol. The minimum Gasteiger partial charge on any atom is -0.341 e. The van der Waals surface area contributed by atoms with E-state index in [1.807, 2.05) is 27.7 Å². The summed E-state index contributed by atoms with van der Waals surface area (Å²) in [5, 5.41) is 0. The zero-order valence-electron chi connectivity index (χ0n) is 11.2. The molecule has 1 rings (SSSR count). The van der Waals surface area contributed by atoms with Crippen LogP contribution >= 0.6 is 0 Å². The van der Waals surface area contributed by atoms with Gasteiger partial charge < -0.3 is 4.90 Å². The van der Waals surface area contributed by atoms with E-state index < -0.39 is 5.82 Å². The molecule has 94 valence electrons. The van der Waals surface area contributed by atoms with E-state index in [1.165, 1.54) is 6.07 Å². The monoisotopic (exact) mass is 237 g/mol. The highest BCUT2D eigenvalue weighted by Crippen LogP contribution is 2.17. The lowest BCUT2D eigenvalue weighted by molar-refractivity contribution is 0.0741. The zero-order valence-corrected chi connectivity index (χ0v) is 11.2. The number of hydrogen-bond acceptors (Lipinski definition) is 1. The quantitative estimate of drug-likeness (QED) is 0.773.